The van der Waals surface area contributed by atoms with Crippen molar-refractivity contribution in [3.05, 3.63) is 59.4 Å². The third-order valence-corrected chi connectivity index (χ3v) is 5.97. The van der Waals surface area contributed by atoms with Crippen LogP contribution >= 0.6 is 0 Å². The maximum Gasteiger partial charge on any atom is 0.354 e. The Morgan fingerprint density at radius 1 is 1.04 bits per heavy atom. The summed E-state index contributed by atoms with van der Waals surface area (Å²) in [6.45, 7) is 3.72. The average Bonchev–Trinajstić information content (AvgIpc) is 3.23. The van der Waals surface area contributed by atoms with Crippen molar-refractivity contribution in [1.29, 1.82) is 0 Å². The number of carbonyl (C=O) groups is 2. The fourth-order valence-corrected chi connectivity index (χ4v) is 4.35. The lowest BCUT2D eigenvalue weighted by atomic mass is 10.00. The Morgan fingerprint density at radius 2 is 1.79 bits per heavy atom. The fraction of sp³-hybridized carbons (Fsp3) is 0.455. The lowest BCUT2D eigenvalue weighted by Gasteiger charge is -2.35. The van der Waals surface area contributed by atoms with Gasteiger partial charge in [0.05, 0.1) is 13.7 Å². The first-order chi connectivity index (χ1) is 13.7. The Morgan fingerprint density at radius 3 is 2.54 bits per heavy atom. The minimum atomic E-state index is -0.298. The van der Waals surface area contributed by atoms with E-state index in [1.165, 1.54) is 18.2 Å². The van der Waals surface area contributed by atoms with Crippen LogP contribution in [0.25, 0.3) is 0 Å². The molecule has 6 heteroatoms. The summed E-state index contributed by atoms with van der Waals surface area (Å²) in [5.74, 6) is -0.0860. The number of amides is 1. The molecule has 3 heterocycles. The van der Waals surface area contributed by atoms with E-state index in [2.05, 4.69) is 23.1 Å². The monoisotopic (exact) mass is 381 g/mol. The largest absolute Gasteiger partial charge is 0.464 e. The van der Waals surface area contributed by atoms with E-state index < -0.39 is 0 Å². The van der Waals surface area contributed by atoms with Crippen molar-refractivity contribution in [3.8, 4) is 0 Å². The highest BCUT2D eigenvalue weighted by Gasteiger charge is 2.27. The van der Waals surface area contributed by atoms with E-state index in [0.29, 0.717) is 12.2 Å². The second kappa shape index (κ2) is 8.19. The van der Waals surface area contributed by atoms with E-state index in [0.717, 1.165) is 45.4 Å². The zero-order valence-electron chi connectivity index (χ0n) is 16.3. The summed E-state index contributed by atoms with van der Waals surface area (Å²) in [7, 11) is 1.41. The van der Waals surface area contributed by atoms with E-state index in [1.807, 2.05) is 27.8 Å². The van der Waals surface area contributed by atoms with Gasteiger partial charge in [-0.25, -0.2) is 4.79 Å². The Bertz CT molecular complexity index is 852. The maximum atomic E-state index is 12.8. The average molecular weight is 381 g/mol. The first-order valence-electron chi connectivity index (χ1n) is 9.98. The van der Waals surface area contributed by atoms with Gasteiger partial charge in [-0.1, -0.05) is 24.3 Å². The van der Waals surface area contributed by atoms with Gasteiger partial charge in [0.15, 0.2) is 0 Å². The Hall–Kier alpha value is -2.60. The van der Waals surface area contributed by atoms with Crippen LogP contribution in [0.2, 0.25) is 0 Å². The minimum absolute atomic E-state index is 0.212. The maximum absolute atomic E-state index is 12.8. The van der Waals surface area contributed by atoms with Crippen LogP contribution in [0.1, 0.15) is 40.5 Å². The fourth-order valence-electron chi connectivity index (χ4n) is 4.35. The van der Waals surface area contributed by atoms with Crippen LogP contribution in [0, 0.1) is 0 Å². The quantitative estimate of drug-likeness (QED) is 0.764. The highest BCUT2D eigenvalue weighted by molar-refractivity contribution is 5.87. The van der Waals surface area contributed by atoms with E-state index in [1.54, 1.807) is 6.07 Å². The van der Waals surface area contributed by atoms with Gasteiger partial charge in [-0.2, -0.15) is 0 Å². The molecule has 2 aliphatic heterocycles. The molecule has 6 nitrogen and oxygen atoms in total. The zero-order valence-corrected chi connectivity index (χ0v) is 16.3. The van der Waals surface area contributed by atoms with Crippen LogP contribution in [0.3, 0.4) is 0 Å². The molecule has 2 aliphatic rings. The van der Waals surface area contributed by atoms with E-state index in [4.69, 9.17) is 4.74 Å². The topological polar surface area (TPSA) is 54.8 Å². The summed E-state index contributed by atoms with van der Waals surface area (Å²) in [5.41, 5.74) is 3.23. The van der Waals surface area contributed by atoms with Gasteiger partial charge >= 0.3 is 5.97 Å². The molecule has 28 heavy (non-hydrogen) atoms. The lowest BCUT2D eigenvalue weighted by molar-refractivity contribution is -0.133. The molecule has 4 rings (SSSR count). The van der Waals surface area contributed by atoms with Gasteiger partial charge in [0, 0.05) is 38.4 Å². The molecule has 0 aliphatic carbocycles. The molecule has 2 aromatic rings. The number of fused-ring (bicyclic) bond motifs is 1. The number of nitrogens with zero attached hydrogens (tertiary/aromatic N) is 3. The molecule has 0 bridgehead atoms. The highest BCUT2D eigenvalue weighted by Crippen LogP contribution is 2.25. The summed E-state index contributed by atoms with van der Waals surface area (Å²) in [4.78, 5) is 28.9. The normalized spacial score (nSPS) is 18.0. The number of esters is 1. The molecule has 1 aromatic carbocycles. The van der Waals surface area contributed by atoms with Gasteiger partial charge in [-0.15, -0.1) is 0 Å². The van der Waals surface area contributed by atoms with Crippen LogP contribution in [0.5, 0.6) is 0 Å². The molecule has 1 saturated heterocycles. The van der Waals surface area contributed by atoms with Crippen LogP contribution in [0.4, 0.5) is 0 Å². The third kappa shape index (κ3) is 3.83. The highest BCUT2D eigenvalue weighted by atomic mass is 16.5. The Kier molecular flexibility index (Phi) is 5.48. The number of hydrogen-bond donors (Lipinski definition) is 0. The number of piperidine rings is 1. The van der Waals surface area contributed by atoms with Crippen LogP contribution < -0.4 is 0 Å². The summed E-state index contributed by atoms with van der Waals surface area (Å²) in [5, 5.41) is 0. The SMILES string of the molecule is COC(=O)c1cccn1C1CCN(CC(=O)N2CCc3ccccc3C2)CC1. The number of ether oxygens (including phenoxy) is 1. The van der Waals surface area contributed by atoms with E-state index in [9.17, 15) is 9.59 Å². The van der Waals surface area contributed by atoms with Crippen molar-refractivity contribution in [2.75, 3.05) is 33.3 Å². The van der Waals surface area contributed by atoms with Crippen molar-refractivity contribution in [2.45, 2.75) is 31.8 Å². The minimum Gasteiger partial charge on any atom is -0.464 e. The number of methoxy groups -OCH3 is 1. The molecule has 0 saturated carbocycles. The predicted molar refractivity (Wildman–Crippen MR) is 106 cm³/mol. The van der Waals surface area contributed by atoms with Crippen molar-refractivity contribution in [3.63, 3.8) is 0 Å². The van der Waals surface area contributed by atoms with Gasteiger partial charge in [0.2, 0.25) is 5.91 Å². The van der Waals surface area contributed by atoms with Crippen LogP contribution in [0.15, 0.2) is 42.6 Å². The molecule has 148 valence electrons. The smallest absolute Gasteiger partial charge is 0.354 e. The van der Waals surface area contributed by atoms with E-state index in [-0.39, 0.29) is 17.9 Å². The standard InChI is InChI=1S/C22H27N3O3/c1-28-22(27)20-7-4-11-25(20)19-9-12-23(13-10-19)16-21(26)24-14-8-17-5-2-3-6-18(17)15-24/h2-7,11,19H,8-10,12-16H2,1H3. The first-order valence-corrected chi connectivity index (χ1v) is 9.98. The van der Waals surface area contributed by atoms with Crippen molar-refractivity contribution in [1.82, 2.24) is 14.4 Å². The first kappa shape index (κ1) is 18.7. The summed E-state index contributed by atoms with van der Waals surface area (Å²) >= 11 is 0. The molecule has 0 unspecified atom stereocenters. The van der Waals surface area contributed by atoms with Gasteiger partial charge in [-0.3, -0.25) is 9.69 Å². The zero-order chi connectivity index (χ0) is 19.5. The Balaban J connectivity index is 1.31. The number of rotatable bonds is 4. The van der Waals surface area contributed by atoms with Crippen molar-refractivity contribution in [2.24, 2.45) is 0 Å². The van der Waals surface area contributed by atoms with E-state index >= 15 is 0 Å². The number of aromatic nitrogens is 1. The second-order valence-electron chi connectivity index (χ2n) is 7.63. The van der Waals surface area contributed by atoms with Crippen LogP contribution in [-0.2, 0) is 22.5 Å². The molecule has 1 amide bonds. The van der Waals surface area contributed by atoms with Crippen LogP contribution in [-0.4, -0.2) is 59.5 Å². The Labute approximate surface area is 165 Å². The molecular formula is C22H27N3O3. The van der Waals surface area contributed by atoms with Gasteiger partial charge in [0.25, 0.3) is 0 Å². The summed E-state index contributed by atoms with van der Waals surface area (Å²) < 4.78 is 6.89. The molecule has 0 radical (unpaired) electrons. The number of likely N-dealkylation sites (tertiary alicyclic amines) is 1. The molecule has 0 spiro atoms. The van der Waals surface area contributed by atoms with Gasteiger partial charge < -0.3 is 14.2 Å². The van der Waals surface area contributed by atoms with Crippen molar-refractivity contribution >= 4 is 11.9 Å². The molecule has 1 aromatic heterocycles. The molecule has 0 atom stereocenters. The number of carbonyl (C=O) groups excluding carboxylic acids is 2. The molecule has 1 fully saturated rings. The number of hydrogen-bond acceptors (Lipinski definition) is 4. The predicted octanol–water partition coefficient (Wildman–Crippen LogP) is 2.50. The van der Waals surface area contributed by atoms with Crippen molar-refractivity contribution < 1.29 is 14.3 Å². The van der Waals surface area contributed by atoms with Gasteiger partial charge in [-0.05, 0) is 42.5 Å². The molecular weight excluding hydrogens is 354 g/mol. The number of benzene rings is 1. The van der Waals surface area contributed by atoms with Gasteiger partial charge in [0.1, 0.15) is 5.69 Å². The third-order valence-electron chi connectivity index (χ3n) is 5.97. The lowest BCUT2D eigenvalue weighted by Crippen LogP contribution is -2.45. The molecule has 0 N–H and O–H groups in total. The summed E-state index contributed by atoms with van der Waals surface area (Å²) in [6, 6.07) is 12.4. The summed E-state index contributed by atoms with van der Waals surface area (Å²) in [6.07, 6.45) is 4.74. The second-order valence-corrected chi connectivity index (χ2v) is 7.63.